The first kappa shape index (κ1) is 23.6. The van der Waals surface area contributed by atoms with Crippen LogP contribution in [-0.2, 0) is 9.59 Å². The van der Waals surface area contributed by atoms with Crippen molar-refractivity contribution in [2.75, 3.05) is 19.6 Å². The molecule has 7 rings (SSSR count). The average Bonchev–Trinajstić information content (AvgIpc) is 3.66. The molecule has 3 aromatic rings. The zero-order chi connectivity index (χ0) is 25.7. The Bertz CT molecular complexity index is 1410. The number of piperidine rings is 1. The van der Waals surface area contributed by atoms with E-state index in [2.05, 4.69) is 52.3 Å². The molecule has 0 N–H and O–H groups in total. The summed E-state index contributed by atoms with van der Waals surface area (Å²) in [5.74, 6) is 2.05. The molecule has 0 radical (unpaired) electrons. The molecule has 1 aromatic heterocycles. The molecule has 1 spiro atoms. The number of aliphatic imine (C=N–C) groups is 1. The first-order chi connectivity index (χ1) is 18.6. The second-order valence-electron chi connectivity index (χ2n) is 11.6. The van der Waals surface area contributed by atoms with E-state index in [0.717, 1.165) is 92.4 Å². The average molecular weight is 507 g/mol. The fraction of sp³-hybridized carbons (Fsp3) is 0.438. The molecule has 194 valence electrons. The number of carbonyl (C=O) groups is 2. The van der Waals surface area contributed by atoms with Crippen molar-refractivity contribution in [3.05, 3.63) is 66.5 Å². The van der Waals surface area contributed by atoms with Gasteiger partial charge in [0, 0.05) is 48.9 Å². The highest BCUT2D eigenvalue weighted by Gasteiger charge is 2.50. The minimum Gasteiger partial charge on any atom is -0.342 e. The van der Waals surface area contributed by atoms with Crippen LogP contribution in [0.3, 0.4) is 0 Å². The third-order valence-corrected chi connectivity index (χ3v) is 9.06. The van der Waals surface area contributed by atoms with Gasteiger partial charge in [-0.2, -0.15) is 0 Å². The summed E-state index contributed by atoms with van der Waals surface area (Å²) < 4.78 is 0. The van der Waals surface area contributed by atoms with Crippen LogP contribution in [-0.4, -0.2) is 57.6 Å². The Morgan fingerprint density at radius 3 is 2.32 bits per heavy atom. The number of amides is 2. The Kier molecular flexibility index (Phi) is 5.79. The van der Waals surface area contributed by atoms with E-state index in [9.17, 15) is 9.59 Å². The molecular formula is C32H34N4O2. The predicted octanol–water partition coefficient (Wildman–Crippen LogP) is 5.45. The van der Waals surface area contributed by atoms with E-state index in [1.807, 2.05) is 23.4 Å². The molecule has 0 bridgehead atoms. The number of pyridine rings is 1. The van der Waals surface area contributed by atoms with Crippen molar-refractivity contribution in [1.82, 2.24) is 14.8 Å². The van der Waals surface area contributed by atoms with Gasteiger partial charge in [0.15, 0.2) is 0 Å². The summed E-state index contributed by atoms with van der Waals surface area (Å²) in [4.78, 5) is 39.7. The molecule has 2 aliphatic carbocycles. The van der Waals surface area contributed by atoms with Crippen molar-refractivity contribution in [3.8, 4) is 11.1 Å². The Morgan fingerprint density at radius 1 is 0.868 bits per heavy atom. The summed E-state index contributed by atoms with van der Waals surface area (Å²) >= 11 is 0. The molecule has 2 aromatic carbocycles. The topological polar surface area (TPSA) is 65.9 Å². The number of carbonyl (C=O) groups excluding carboxylic acids is 2. The number of fused-ring (bicyclic) bond motifs is 1. The van der Waals surface area contributed by atoms with Crippen LogP contribution in [0.25, 0.3) is 21.9 Å². The molecule has 2 saturated carbocycles. The highest BCUT2D eigenvalue weighted by molar-refractivity contribution is 6.15. The second-order valence-corrected chi connectivity index (χ2v) is 11.6. The molecule has 3 fully saturated rings. The van der Waals surface area contributed by atoms with Crippen LogP contribution in [0.1, 0.15) is 56.9 Å². The normalized spacial score (nSPS) is 21.5. The summed E-state index contributed by atoms with van der Waals surface area (Å²) in [5.41, 5.74) is 2.75. The number of aromatic nitrogens is 1. The fourth-order valence-corrected chi connectivity index (χ4v) is 6.59. The van der Waals surface area contributed by atoms with E-state index in [1.54, 1.807) is 0 Å². The summed E-state index contributed by atoms with van der Waals surface area (Å²) in [6.45, 7) is 2.33. The van der Waals surface area contributed by atoms with Crippen LogP contribution in [0.2, 0.25) is 0 Å². The quantitative estimate of drug-likeness (QED) is 0.462. The second kappa shape index (κ2) is 9.33. The lowest BCUT2D eigenvalue weighted by Gasteiger charge is -2.34. The lowest BCUT2D eigenvalue weighted by atomic mass is 9.94. The molecule has 2 amide bonds. The summed E-state index contributed by atoms with van der Waals surface area (Å²) in [5, 5.41) is 2.30. The van der Waals surface area contributed by atoms with Gasteiger partial charge in [-0.1, -0.05) is 49.2 Å². The van der Waals surface area contributed by atoms with Crippen LogP contribution >= 0.6 is 0 Å². The number of hydrogen-bond donors (Lipinski definition) is 0. The monoisotopic (exact) mass is 506 g/mol. The maximum atomic E-state index is 13.8. The Hall–Kier alpha value is -3.54. The van der Waals surface area contributed by atoms with E-state index in [1.165, 1.54) is 5.39 Å². The van der Waals surface area contributed by atoms with Crippen LogP contribution in [0.5, 0.6) is 0 Å². The minimum atomic E-state index is -0.566. The van der Waals surface area contributed by atoms with Crippen LogP contribution in [0.15, 0.2) is 65.9 Å². The van der Waals surface area contributed by atoms with Gasteiger partial charge in [-0.05, 0) is 73.1 Å². The number of likely N-dealkylation sites (tertiary alicyclic amines) is 1. The lowest BCUT2D eigenvalue weighted by Crippen LogP contribution is -2.46. The minimum absolute atomic E-state index is 0.189. The van der Waals surface area contributed by atoms with E-state index < -0.39 is 5.54 Å². The molecule has 6 nitrogen and oxygen atoms in total. The maximum absolute atomic E-state index is 13.8. The molecular weight excluding hydrogens is 472 g/mol. The van der Waals surface area contributed by atoms with Gasteiger partial charge in [0.05, 0.1) is 0 Å². The SMILES string of the molecule is O=C(C1CC1)N1CCC(CN2C(=O)C3(CCCC3)N=C2c2ccc(-c3ccc4cnccc4c3)cc2)CC1. The molecule has 38 heavy (non-hydrogen) atoms. The van der Waals surface area contributed by atoms with Gasteiger partial charge in [-0.3, -0.25) is 24.5 Å². The van der Waals surface area contributed by atoms with Crippen LogP contribution in [0, 0.1) is 11.8 Å². The standard InChI is InChI=1S/C32H34N4O2/c37-30(25-7-8-25)35-17-12-22(13-18-35)21-36-29(34-32(31(36)38)14-1-2-15-32)24-5-3-23(4-6-24)26-9-10-28-20-33-16-11-27(28)19-26/h3-6,9-11,16,19-20,22,25H,1-2,7-8,12-15,17-18,21H2. The van der Waals surface area contributed by atoms with E-state index in [0.29, 0.717) is 18.4 Å². The fourth-order valence-electron chi connectivity index (χ4n) is 6.59. The number of amidine groups is 1. The number of benzene rings is 2. The van der Waals surface area contributed by atoms with Crippen LogP contribution < -0.4 is 0 Å². The number of hydrogen-bond acceptors (Lipinski definition) is 4. The van der Waals surface area contributed by atoms with E-state index >= 15 is 0 Å². The van der Waals surface area contributed by atoms with E-state index in [-0.39, 0.29) is 11.8 Å². The molecule has 1 saturated heterocycles. The zero-order valence-electron chi connectivity index (χ0n) is 21.8. The third kappa shape index (κ3) is 4.20. The van der Waals surface area contributed by atoms with Gasteiger partial charge in [-0.25, -0.2) is 0 Å². The van der Waals surface area contributed by atoms with Gasteiger partial charge in [0.2, 0.25) is 5.91 Å². The molecule has 2 aliphatic heterocycles. The van der Waals surface area contributed by atoms with Crippen molar-refractivity contribution < 1.29 is 9.59 Å². The maximum Gasteiger partial charge on any atom is 0.256 e. The van der Waals surface area contributed by atoms with Crippen molar-refractivity contribution in [1.29, 1.82) is 0 Å². The van der Waals surface area contributed by atoms with Crippen molar-refractivity contribution >= 4 is 28.4 Å². The number of rotatable bonds is 5. The van der Waals surface area contributed by atoms with Gasteiger partial charge in [0.25, 0.3) is 5.91 Å². The summed E-state index contributed by atoms with van der Waals surface area (Å²) in [6, 6.07) is 17.0. The Balaban J connectivity index is 1.12. The van der Waals surface area contributed by atoms with E-state index in [4.69, 9.17) is 4.99 Å². The predicted molar refractivity (Wildman–Crippen MR) is 149 cm³/mol. The first-order valence-electron chi connectivity index (χ1n) is 14.2. The first-order valence-corrected chi connectivity index (χ1v) is 14.2. The van der Waals surface area contributed by atoms with Crippen molar-refractivity contribution in [2.24, 2.45) is 16.8 Å². The highest BCUT2D eigenvalue weighted by Crippen LogP contribution is 2.41. The molecule has 6 heteroatoms. The molecule has 0 atom stereocenters. The van der Waals surface area contributed by atoms with Gasteiger partial charge in [0.1, 0.15) is 11.4 Å². The lowest BCUT2D eigenvalue weighted by molar-refractivity contribution is -0.135. The Labute approximate surface area is 223 Å². The molecule has 0 unspecified atom stereocenters. The Morgan fingerprint density at radius 2 is 1.58 bits per heavy atom. The molecule has 4 aliphatic rings. The van der Waals surface area contributed by atoms with Crippen LogP contribution in [0.4, 0.5) is 0 Å². The van der Waals surface area contributed by atoms with Crippen molar-refractivity contribution in [2.45, 2.75) is 56.9 Å². The summed E-state index contributed by atoms with van der Waals surface area (Å²) in [6.07, 6.45) is 11.6. The zero-order valence-corrected chi connectivity index (χ0v) is 21.8. The molecule has 3 heterocycles. The van der Waals surface area contributed by atoms with Gasteiger partial charge < -0.3 is 4.90 Å². The number of nitrogens with zero attached hydrogens (tertiary/aromatic N) is 4. The van der Waals surface area contributed by atoms with Gasteiger partial charge >= 0.3 is 0 Å². The third-order valence-electron chi connectivity index (χ3n) is 9.06. The highest BCUT2D eigenvalue weighted by atomic mass is 16.2. The van der Waals surface area contributed by atoms with Gasteiger partial charge in [-0.15, -0.1) is 0 Å². The largest absolute Gasteiger partial charge is 0.342 e. The summed E-state index contributed by atoms with van der Waals surface area (Å²) in [7, 11) is 0. The smallest absolute Gasteiger partial charge is 0.256 e. The van der Waals surface area contributed by atoms with Crippen molar-refractivity contribution in [3.63, 3.8) is 0 Å².